The molecule has 0 radical (unpaired) electrons. The van der Waals surface area contributed by atoms with E-state index in [1.807, 2.05) is 20.8 Å². The van der Waals surface area contributed by atoms with Crippen molar-refractivity contribution in [1.29, 1.82) is 0 Å². The molecule has 0 spiro atoms. The molecule has 1 atom stereocenters. The molecule has 6 heteroatoms. The van der Waals surface area contributed by atoms with Gasteiger partial charge in [0.25, 0.3) is 5.91 Å². The molecule has 1 N–H and O–H groups in total. The lowest BCUT2D eigenvalue weighted by Crippen LogP contribution is -2.57. The lowest BCUT2D eigenvalue weighted by atomic mass is 9.59. The largest absolute Gasteiger partial charge is 0.458 e. The molecule has 180 valence electrons. The predicted molar refractivity (Wildman–Crippen MR) is 126 cm³/mol. The van der Waals surface area contributed by atoms with Crippen molar-refractivity contribution in [2.24, 2.45) is 22.7 Å². The number of ether oxygens (including phenoxy) is 1. The Hall–Kier alpha value is -2.76. The lowest BCUT2D eigenvalue weighted by molar-refractivity contribution is -0.109. The number of benzene rings is 2. The highest BCUT2D eigenvalue weighted by Crippen LogP contribution is 2.47. The van der Waals surface area contributed by atoms with Crippen molar-refractivity contribution in [3.05, 3.63) is 71.3 Å². The van der Waals surface area contributed by atoms with E-state index in [-0.39, 0.29) is 29.9 Å². The Labute approximate surface area is 195 Å². The van der Waals surface area contributed by atoms with Crippen molar-refractivity contribution < 1.29 is 23.1 Å². The molecule has 0 aromatic heterocycles. The number of hydrogen-bond acceptors (Lipinski definition) is 3. The van der Waals surface area contributed by atoms with Gasteiger partial charge in [-0.15, -0.1) is 0 Å². The van der Waals surface area contributed by atoms with Crippen LogP contribution in [0.15, 0.2) is 48.5 Å². The minimum atomic E-state index is -0.608. The van der Waals surface area contributed by atoms with Gasteiger partial charge in [0.15, 0.2) is 0 Å². The van der Waals surface area contributed by atoms with Crippen molar-refractivity contribution in [2.75, 3.05) is 6.54 Å². The highest BCUT2D eigenvalue weighted by atomic mass is 19.1. The summed E-state index contributed by atoms with van der Waals surface area (Å²) in [7, 11) is 0. The van der Waals surface area contributed by atoms with Crippen LogP contribution in [0, 0.1) is 34.3 Å². The van der Waals surface area contributed by atoms with Crippen LogP contribution < -0.4 is 5.32 Å². The standard InChI is InChI=1S/C27H35F2NO3/c1-17(2)27(18(3)4,16-30-23(31)19-8-12-21(28)13-9-19)25(26(5,6)7)33-24(32)20-10-14-22(29)15-11-20/h8-15,17-18,25H,16H2,1-7H3,(H,30,31). The van der Waals surface area contributed by atoms with E-state index in [1.165, 1.54) is 48.5 Å². The van der Waals surface area contributed by atoms with Gasteiger partial charge in [-0.3, -0.25) is 4.79 Å². The monoisotopic (exact) mass is 459 g/mol. The second kappa shape index (κ2) is 10.4. The van der Waals surface area contributed by atoms with Crippen LogP contribution in [-0.4, -0.2) is 24.5 Å². The first-order chi connectivity index (χ1) is 15.3. The molecule has 0 bridgehead atoms. The summed E-state index contributed by atoms with van der Waals surface area (Å²) in [6, 6.07) is 10.6. The summed E-state index contributed by atoms with van der Waals surface area (Å²) in [6.07, 6.45) is -0.559. The first kappa shape index (κ1) is 26.5. The normalized spacial score (nSPS) is 13.2. The molecule has 2 aromatic carbocycles. The van der Waals surface area contributed by atoms with E-state index < -0.39 is 34.5 Å². The molecule has 33 heavy (non-hydrogen) atoms. The summed E-state index contributed by atoms with van der Waals surface area (Å²) in [5.41, 5.74) is -0.440. The molecule has 0 aliphatic rings. The molecule has 0 aliphatic carbocycles. The van der Waals surface area contributed by atoms with Crippen molar-refractivity contribution >= 4 is 11.9 Å². The lowest BCUT2D eigenvalue weighted by Gasteiger charge is -2.51. The molecule has 0 aliphatic heterocycles. The van der Waals surface area contributed by atoms with Crippen LogP contribution in [0.25, 0.3) is 0 Å². The first-order valence-electron chi connectivity index (χ1n) is 11.3. The van der Waals surface area contributed by atoms with Gasteiger partial charge in [0.2, 0.25) is 0 Å². The van der Waals surface area contributed by atoms with E-state index in [1.54, 1.807) is 0 Å². The van der Waals surface area contributed by atoms with Crippen LogP contribution in [0.5, 0.6) is 0 Å². The Kier molecular flexibility index (Phi) is 8.39. The van der Waals surface area contributed by atoms with Gasteiger partial charge in [0, 0.05) is 17.5 Å². The Morgan fingerprint density at radius 2 is 1.24 bits per heavy atom. The van der Waals surface area contributed by atoms with Gasteiger partial charge in [-0.05, 0) is 65.8 Å². The summed E-state index contributed by atoms with van der Waals surface area (Å²) in [6.45, 7) is 14.5. The summed E-state index contributed by atoms with van der Waals surface area (Å²) in [4.78, 5) is 25.8. The highest BCUT2D eigenvalue weighted by molar-refractivity contribution is 5.94. The van der Waals surface area contributed by atoms with Crippen LogP contribution in [0.1, 0.15) is 69.2 Å². The van der Waals surface area contributed by atoms with Gasteiger partial charge in [0.1, 0.15) is 17.7 Å². The first-order valence-corrected chi connectivity index (χ1v) is 11.3. The summed E-state index contributed by atoms with van der Waals surface area (Å²) >= 11 is 0. The molecular weight excluding hydrogens is 424 g/mol. The molecule has 2 rings (SSSR count). The van der Waals surface area contributed by atoms with Gasteiger partial charge in [-0.2, -0.15) is 0 Å². The molecule has 0 heterocycles. The second-order valence-corrected chi connectivity index (χ2v) is 10.3. The van der Waals surface area contributed by atoms with Crippen LogP contribution in [0.3, 0.4) is 0 Å². The number of carbonyl (C=O) groups is 2. The zero-order valence-electron chi connectivity index (χ0n) is 20.5. The topological polar surface area (TPSA) is 55.4 Å². The zero-order valence-corrected chi connectivity index (χ0v) is 20.5. The maximum Gasteiger partial charge on any atom is 0.338 e. The molecule has 1 amide bonds. The van der Waals surface area contributed by atoms with E-state index >= 15 is 0 Å². The number of halogens is 2. The maximum atomic E-state index is 13.3. The Morgan fingerprint density at radius 3 is 1.64 bits per heavy atom. The number of amides is 1. The number of hydrogen-bond donors (Lipinski definition) is 1. The third-order valence-corrected chi connectivity index (χ3v) is 6.39. The number of esters is 1. The van der Waals surface area contributed by atoms with Crippen LogP contribution in [0.4, 0.5) is 8.78 Å². The summed E-state index contributed by atoms with van der Waals surface area (Å²) in [5.74, 6) is -1.62. The van der Waals surface area contributed by atoms with Gasteiger partial charge in [-0.25, -0.2) is 13.6 Å². The van der Waals surface area contributed by atoms with E-state index in [0.717, 1.165) is 0 Å². The summed E-state index contributed by atoms with van der Waals surface area (Å²) in [5, 5.41) is 2.99. The third kappa shape index (κ3) is 6.18. The van der Waals surface area contributed by atoms with E-state index in [0.29, 0.717) is 5.56 Å². The number of carbonyl (C=O) groups excluding carboxylic acids is 2. The van der Waals surface area contributed by atoms with Gasteiger partial charge >= 0.3 is 5.97 Å². The van der Waals surface area contributed by atoms with E-state index in [2.05, 4.69) is 33.0 Å². The highest BCUT2D eigenvalue weighted by Gasteiger charge is 2.51. The van der Waals surface area contributed by atoms with Gasteiger partial charge < -0.3 is 10.1 Å². The molecule has 1 unspecified atom stereocenters. The predicted octanol–water partition coefficient (Wildman–Crippen LogP) is 6.26. The fraction of sp³-hybridized carbons (Fsp3) is 0.481. The van der Waals surface area contributed by atoms with Crippen LogP contribution in [0.2, 0.25) is 0 Å². The Morgan fingerprint density at radius 1 is 0.818 bits per heavy atom. The van der Waals surface area contributed by atoms with Gasteiger partial charge in [0.05, 0.1) is 5.56 Å². The Bertz CT molecular complexity index is 937. The molecule has 0 saturated carbocycles. The smallest absolute Gasteiger partial charge is 0.338 e. The average Bonchev–Trinajstić information content (AvgIpc) is 2.72. The fourth-order valence-electron chi connectivity index (χ4n) is 4.56. The maximum absolute atomic E-state index is 13.3. The quantitative estimate of drug-likeness (QED) is 0.474. The fourth-order valence-corrected chi connectivity index (χ4v) is 4.56. The molecule has 0 saturated heterocycles. The van der Waals surface area contributed by atoms with E-state index in [4.69, 9.17) is 4.74 Å². The van der Waals surface area contributed by atoms with Crippen molar-refractivity contribution in [3.8, 4) is 0 Å². The molecule has 0 fully saturated rings. The number of rotatable bonds is 8. The minimum Gasteiger partial charge on any atom is -0.458 e. The molecular formula is C27H35F2NO3. The SMILES string of the molecule is CC(C)C(CNC(=O)c1ccc(F)cc1)(C(C)C)C(OC(=O)c1ccc(F)cc1)C(C)(C)C. The summed E-state index contributed by atoms with van der Waals surface area (Å²) < 4.78 is 32.7. The van der Waals surface area contributed by atoms with Gasteiger partial charge in [-0.1, -0.05) is 48.5 Å². The zero-order chi connectivity index (χ0) is 25.0. The van der Waals surface area contributed by atoms with E-state index in [9.17, 15) is 18.4 Å². The molecule has 2 aromatic rings. The second-order valence-electron chi connectivity index (χ2n) is 10.3. The Balaban J connectivity index is 2.40. The van der Waals surface area contributed by atoms with Crippen molar-refractivity contribution in [1.82, 2.24) is 5.32 Å². The third-order valence-electron chi connectivity index (χ3n) is 6.39. The van der Waals surface area contributed by atoms with Crippen LogP contribution >= 0.6 is 0 Å². The van der Waals surface area contributed by atoms with Crippen molar-refractivity contribution in [3.63, 3.8) is 0 Å². The van der Waals surface area contributed by atoms with Crippen molar-refractivity contribution in [2.45, 2.75) is 54.6 Å². The minimum absolute atomic E-state index is 0.0382. The van der Waals surface area contributed by atoms with Crippen LogP contribution in [-0.2, 0) is 4.74 Å². The molecule has 4 nitrogen and oxygen atoms in total. The average molecular weight is 460 g/mol. The number of nitrogens with one attached hydrogen (secondary N) is 1.